The number of rotatable bonds is 3. The van der Waals surface area contributed by atoms with Gasteiger partial charge >= 0.3 is 12.0 Å². The van der Waals surface area contributed by atoms with Crippen LogP contribution < -0.4 is 10.6 Å². The molecular weight excluding hydrogens is 344 g/mol. The van der Waals surface area contributed by atoms with E-state index >= 15 is 0 Å². The number of amides is 2. The van der Waals surface area contributed by atoms with E-state index in [4.69, 9.17) is 26.5 Å². The zero-order valence-electron chi connectivity index (χ0n) is 13.6. The summed E-state index contributed by atoms with van der Waals surface area (Å²) in [4.78, 5) is 25.6. The Morgan fingerprint density at radius 2 is 1.96 bits per heavy atom. The monoisotopic (exact) mass is 358 g/mol. The number of carbonyl (C=O) groups is 2. The topological polar surface area (TPSA) is 85.8 Å². The minimum atomic E-state index is -0.765. The summed E-state index contributed by atoms with van der Waals surface area (Å²) < 4.78 is 10.4. The summed E-state index contributed by atoms with van der Waals surface area (Å²) in [5.41, 5.74) is 7.62. The minimum Gasteiger partial charge on any atom is -0.463 e. The van der Waals surface area contributed by atoms with Crippen LogP contribution in [0.4, 0.5) is 16.2 Å². The fraction of sp³-hybridized carbons (Fsp3) is 0.111. The quantitative estimate of drug-likeness (QED) is 0.703. The maximum atomic E-state index is 12.2. The van der Waals surface area contributed by atoms with Gasteiger partial charge < -0.3 is 14.9 Å². The van der Waals surface area contributed by atoms with Gasteiger partial charge in [-0.05, 0) is 42.8 Å². The minimum absolute atomic E-state index is 0.125. The van der Waals surface area contributed by atoms with Crippen molar-refractivity contribution in [3.05, 3.63) is 58.8 Å². The summed E-state index contributed by atoms with van der Waals surface area (Å²) in [5, 5.41) is 0.910. The Labute approximate surface area is 148 Å². The first-order valence-corrected chi connectivity index (χ1v) is 7.76. The summed E-state index contributed by atoms with van der Waals surface area (Å²) in [5.74, 6) is -0.846. The highest BCUT2D eigenvalue weighted by Gasteiger charge is 2.29. The van der Waals surface area contributed by atoms with Crippen molar-refractivity contribution in [3.8, 4) is 0 Å². The van der Waals surface area contributed by atoms with Gasteiger partial charge in [0.05, 0.1) is 12.8 Å². The number of anilines is 2. The summed E-state index contributed by atoms with van der Waals surface area (Å²) in [6.45, 7) is 1.88. The van der Waals surface area contributed by atoms with E-state index in [1.807, 2.05) is 13.0 Å². The zero-order chi connectivity index (χ0) is 18.1. The largest absolute Gasteiger partial charge is 0.463 e. The second-order valence-corrected chi connectivity index (χ2v) is 5.86. The molecule has 3 rings (SSSR count). The average Bonchev–Trinajstić information content (AvgIpc) is 2.93. The number of benzene rings is 2. The van der Waals surface area contributed by atoms with E-state index in [9.17, 15) is 9.59 Å². The Morgan fingerprint density at radius 3 is 2.60 bits per heavy atom. The van der Waals surface area contributed by atoms with E-state index in [1.165, 1.54) is 12.0 Å². The number of urea groups is 1. The molecule has 6 nitrogen and oxygen atoms in total. The highest BCUT2D eigenvalue weighted by molar-refractivity contribution is 6.31. The predicted octanol–water partition coefficient (Wildman–Crippen LogP) is 4.40. The summed E-state index contributed by atoms with van der Waals surface area (Å²) in [7, 11) is 1.23. The lowest BCUT2D eigenvalue weighted by Gasteiger charge is -2.20. The predicted molar refractivity (Wildman–Crippen MR) is 95.5 cm³/mol. The van der Waals surface area contributed by atoms with Crippen molar-refractivity contribution < 1.29 is 18.7 Å². The van der Waals surface area contributed by atoms with Crippen molar-refractivity contribution in [2.75, 3.05) is 12.0 Å². The van der Waals surface area contributed by atoms with Crippen LogP contribution in [-0.2, 0) is 4.74 Å². The van der Waals surface area contributed by atoms with Crippen molar-refractivity contribution in [3.63, 3.8) is 0 Å². The number of hydrogen-bond acceptors (Lipinski definition) is 4. The number of esters is 1. The van der Waals surface area contributed by atoms with Crippen LogP contribution in [0.3, 0.4) is 0 Å². The molecule has 0 saturated heterocycles. The Kier molecular flexibility index (Phi) is 4.37. The van der Waals surface area contributed by atoms with Crippen LogP contribution in [0.1, 0.15) is 16.1 Å². The molecule has 2 amide bonds. The Bertz CT molecular complexity index is 980. The molecular formula is C18H15ClN2O4. The molecule has 0 fully saturated rings. The van der Waals surface area contributed by atoms with Crippen molar-refractivity contribution in [2.24, 2.45) is 5.73 Å². The zero-order valence-corrected chi connectivity index (χ0v) is 14.3. The molecule has 0 aliphatic carbocycles. The van der Waals surface area contributed by atoms with Crippen molar-refractivity contribution >= 4 is 45.9 Å². The summed E-state index contributed by atoms with van der Waals surface area (Å²) >= 11 is 6.08. The second-order valence-electron chi connectivity index (χ2n) is 5.42. The highest BCUT2D eigenvalue weighted by Crippen LogP contribution is 2.39. The van der Waals surface area contributed by atoms with E-state index in [2.05, 4.69) is 0 Å². The Hall–Kier alpha value is -2.99. The first kappa shape index (κ1) is 16.9. The van der Waals surface area contributed by atoms with Gasteiger partial charge in [0.2, 0.25) is 5.76 Å². The number of ether oxygens (including phenoxy) is 1. The van der Waals surface area contributed by atoms with Gasteiger partial charge in [-0.25, -0.2) is 9.59 Å². The summed E-state index contributed by atoms with van der Waals surface area (Å²) in [6.07, 6.45) is 0. The molecule has 2 aromatic carbocycles. The van der Waals surface area contributed by atoms with Crippen molar-refractivity contribution in [1.82, 2.24) is 0 Å². The number of nitrogens with zero attached hydrogens (tertiary/aromatic N) is 1. The van der Waals surface area contributed by atoms with Gasteiger partial charge in [0.1, 0.15) is 11.3 Å². The van der Waals surface area contributed by atoms with E-state index in [1.54, 1.807) is 36.4 Å². The van der Waals surface area contributed by atoms with Crippen LogP contribution in [0.25, 0.3) is 11.0 Å². The second kappa shape index (κ2) is 6.49. The van der Waals surface area contributed by atoms with Gasteiger partial charge in [0, 0.05) is 10.4 Å². The molecule has 7 heteroatoms. The highest BCUT2D eigenvalue weighted by atomic mass is 35.5. The van der Waals surface area contributed by atoms with Crippen molar-refractivity contribution in [2.45, 2.75) is 6.92 Å². The van der Waals surface area contributed by atoms with Gasteiger partial charge in [0.15, 0.2) is 0 Å². The lowest BCUT2D eigenvalue weighted by Crippen LogP contribution is -2.32. The number of primary amides is 1. The molecule has 0 radical (unpaired) electrons. The third-order valence-corrected chi connectivity index (χ3v) is 3.93. The Morgan fingerprint density at radius 1 is 1.20 bits per heavy atom. The number of carbonyl (C=O) groups excluding carboxylic acids is 2. The Balaban J connectivity index is 2.34. The molecule has 128 valence electrons. The fourth-order valence-corrected chi connectivity index (χ4v) is 2.82. The maximum absolute atomic E-state index is 12.2. The number of furan rings is 1. The van der Waals surface area contributed by atoms with E-state index in [0.29, 0.717) is 21.7 Å². The summed E-state index contributed by atoms with van der Waals surface area (Å²) in [6, 6.07) is 11.2. The third kappa shape index (κ3) is 3.04. The van der Waals surface area contributed by atoms with Gasteiger partial charge in [-0.3, -0.25) is 4.90 Å². The third-order valence-electron chi connectivity index (χ3n) is 3.70. The first-order valence-electron chi connectivity index (χ1n) is 7.39. The SMILES string of the molecule is COC(=O)c1oc2ccc(Cl)cc2c1N(C(N)=O)c1cccc(C)c1. The molecule has 1 aromatic heterocycles. The molecule has 0 atom stereocenters. The van der Waals surface area contributed by atoms with Crippen LogP contribution in [0.2, 0.25) is 5.02 Å². The lowest BCUT2D eigenvalue weighted by molar-refractivity contribution is 0.0569. The van der Waals surface area contributed by atoms with Crippen molar-refractivity contribution in [1.29, 1.82) is 0 Å². The lowest BCUT2D eigenvalue weighted by atomic mass is 10.1. The van der Waals surface area contributed by atoms with Crippen LogP contribution >= 0.6 is 11.6 Å². The smallest absolute Gasteiger partial charge is 0.376 e. The normalized spacial score (nSPS) is 10.7. The molecule has 25 heavy (non-hydrogen) atoms. The van der Waals surface area contributed by atoms with Crippen LogP contribution in [0.5, 0.6) is 0 Å². The van der Waals surface area contributed by atoms with Gasteiger partial charge in [0.25, 0.3) is 0 Å². The number of aryl methyl sites for hydroxylation is 1. The van der Waals surface area contributed by atoms with Crippen LogP contribution in [-0.4, -0.2) is 19.1 Å². The standard InChI is InChI=1S/C18H15ClN2O4/c1-10-4-3-5-12(8-10)21(18(20)23)15-13-9-11(19)6-7-14(13)25-16(15)17(22)24-2/h3-9H,1-2H3,(H2,20,23). The molecule has 0 bridgehead atoms. The average molecular weight is 359 g/mol. The van der Waals surface area contributed by atoms with Gasteiger partial charge in [-0.1, -0.05) is 23.7 Å². The van der Waals surface area contributed by atoms with Gasteiger partial charge in [-0.15, -0.1) is 0 Å². The van der Waals surface area contributed by atoms with E-state index in [0.717, 1.165) is 5.56 Å². The molecule has 3 aromatic rings. The molecule has 0 aliphatic rings. The number of halogens is 1. The van der Waals surface area contributed by atoms with E-state index in [-0.39, 0.29) is 11.4 Å². The molecule has 2 N–H and O–H groups in total. The first-order chi connectivity index (χ1) is 11.9. The number of fused-ring (bicyclic) bond motifs is 1. The van der Waals surface area contributed by atoms with Crippen LogP contribution in [0.15, 0.2) is 46.9 Å². The molecule has 0 aliphatic heterocycles. The molecule has 0 spiro atoms. The fourth-order valence-electron chi connectivity index (χ4n) is 2.64. The number of nitrogens with two attached hydrogens (primary N) is 1. The maximum Gasteiger partial charge on any atom is 0.376 e. The molecule has 1 heterocycles. The number of methoxy groups -OCH3 is 1. The number of hydrogen-bond donors (Lipinski definition) is 1. The van der Waals surface area contributed by atoms with Gasteiger partial charge in [-0.2, -0.15) is 0 Å². The molecule has 0 unspecified atom stereocenters. The van der Waals surface area contributed by atoms with E-state index < -0.39 is 12.0 Å². The molecule has 0 saturated carbocycles. The van der Waals surface area contributed by atoms with Crippen LogP contribution in [0, 0.1) is 6.92 Å².